The minimum Gasteiger partial charge on any atom is -0.444 e. The molecule has 3 aromatic rings. The van der Waals surface area contributed by atoms with Crippen molar-refractivity contribution in [3.8, 4) is 0 Å². The maximum absolute atomic E-state index is 12.4. The van der Waals surface area contributed by atoms with Gasteiger partial charge in [-0.2, -0.15) is 0 Å². The van der Waals surface area contributed by atoms with Gasteiger partial charge in [-0.1, -0.05) is 36.4 Å². The highest BCUT2D eigenvalue weighted by Crippen LogP contribution is 2.41. The van der Waals surface area contributed by atoms with Crippen molar-refractivity contribution in [2.75, 3.05) is 29.6 Å². The molecule has 8 heteroatoms. The van der Waals surface area contributed by atoms with Crippen LogP contribution in [0.2, 0.25) is 0 Å². The van der Waals surface area contributed by atoms with E-state index in [1.807, 2.05) is 12.1 Å². The Morgan fingerprint density at radius 1 is 0.919 bits per heavy atom. The fourth-order valence-electron chi connectivity index (χ4n) is 4.59. The van der Waals surface area contributed by atoms with E-state index in [-0.39, 0.29) is 12.5 Å². The van der Waals surface area contributed by atoms with Crippen LogP contribution in [0.4, 0.5) is 21.9 Å². The number of hydrogen-bond acceptors (Lipinski definition) is 6. The molecule has 1 heterocycles. The summed E-state index contributed by atoms with van der Waals surface area (Å²) in [6.07, 6.45) is 2.78. The van der Waals surface area contributed by atoms with Gasteiger partial charge in [0.2, 0.25) is 0 Å². The molecule has 37 heavy (non-hydrogen) atoms. The summed E-state index contributed by atoms with van der Waals surface area (Å²) in [5.41, 5.74) is 10.1. The van der Waals surface area contributed by atoms with Crippen molar-refractivity contribution in [1.29, 1.82) is 0 Å². The van der Waals surface area contributed by atoms with Gasteiger partial charge in [-0.05, 0) is 66.8 Å². The van der Waals surface area contributed by atoms with Crippen molar-refractivity contribution >= 4 is 29.1 Å². The smallest absolute Gasteiger partial charge is 0.411 e. The van der Waals surface area contributed by atoms with E-state index in [9.17, 15) is 9.59 Å². The highest BCUT2D eigenvalue weighted by Gasteiger charge is 2.39. The average Bonchev–Trinajstić information content (AvgIpc) is 3.69. The topological polar surface area (TPSA) is 115 Å². The summed E-state index contributed by atoms with van der Waals surface area (Å²) < 4.78 is 10.8. The van der Waals surface area contributed by atoms with Crippen LogP contribution in [-0.2, 0) is 16.1 Å². The molecule has 192 valence electrons. The third-order valence-electron chi connectivity index (χ3n) is 6.84. The summed E-state index contributed by atoms with van der Waals surface area (Å²) in [5.74, 6) is 0.267. The molecule has 0 radical (unpaired) electrons. The number of carbonyl (C=O) groups is 2. The molecular weight excluding hydrogens is 468 g/mol. The van der Waals surface area contributed by atoms with Crippen molar-refractivity contribution in [1.82, 2.24) is 5.32 Å². The normalized spacial score (nSPS) is 19.1. The molecule has 5 N–H and O–H groups in total. The molecule has 3 aromatic carbocycles. The highest BCUT2D eigenvalue weighted by atomic mass is 16.5. The number of anilines is 3. The van der Waals surface area contributed by atoms with Gasteiger partial charge in [0.1, 0.15) is 6.61 Å². The molecule has 1 unspecified atom stereocenters. The van der Waals surface area contributed by atoms with Crippen LogP contribution in [0, 0.1) is 0 Å². The van der Waals surface area contributed by atoms with Crippen LogP contribution in [0.25, 0.3) is 0 Å². The number of benzene rings is 3. The number of carbonyl (C=O) groups excluding carboxylic acids is 2. The molecule has 2 aliphatic rings. The van der Waals surface area contributed by atoms with Gasteiger partial charge in [0.05, 0.1) is 11.4 Å². The van der Waals surface area contributed by atoms with Crippen LogP contribution in [0.15, 0.2) is 72.8 Å². The monoisotopic (exact) mass is 500 g/mol. The Kier molecular flexibility index (Phi) is 7.67. The van der Waals surface area contributed by atoms with Crippen LogP contribution >= 0.6 is 0 Å². The number of hydrogen-bond donors (Lipinski definition) is 4. The maximum atomic E-state index is 12.4. The second kappa shape index (κ2) is 11.5. The van der Waals surface area contributed by atoms with Gasteiger partial charge in [0.15, 0.2) is 0 Å². The first-order chi connectivity index (χ1) is 18.0. The van der Waals surface area contributed by atoms with Crippen LogP contribution in [0.5, 0.6) is 0 Å². The third-order valence-corrected chi connectivity index (χ3v) is 6.84. The van der Waals surface area contributed by atoms with E-state index in [4.69, 9.17) is 15.2 Å². The van der Waals surface area contributed by atoms with Crippen molar-refractivity contribution < 1.29 is 19.1 Å². The van der Waals surface area contributed by atoms with Crippen molar-refractivity contribution in [3.63, 3.8) is 0 Å². The molecule has 1 saturated heterocycles. The molecular formula is C29H32N4O4. The van der Waals surface area contributed by atoms with Gasteiger partial charge >= 0.3 is 6.09 Å². The Morgan fingerprint density at radius 3 is 2.38 bits per heavy atom. The Morgan fingerprint density at radius 2 is 1.65 bits per heavy atom. The lowest BCUT2D eigenvalue weighted by molar-refractivity contribution is 0.0774. The molecule has 0 spiro atoms. The van der Waals surface area contributed by atoms with Gasteiger partial charge < -0.3 is 25.8 Å². The number of nitrogens with two attached hydrogens (primary N) is 1. The second-order valence-electron chi connectivity index (χ2n) is 9.56. The molecule has 1 saturated carbocycles. The summed E-state index contributed by atoms with van der Waals surface area (Å²) in [6, 6.07) is 23.0. The van der Waals surface area contributed by atoms with Crippen LogP contribution in [0.3, 0.4) is 0 Å². The van der Waals surface area contributed by atoms with Gasteiger partial charge in [-0.3, -0.25) is 10.1 Å². The van der Waals surface area contributed by atoms with Crippen LogP contribution in [-0.4, -0.2) is 37.3 Å². The van der Waals surface area contributed by atoms with Crippen molar-refractivity contribution in [2.24, 2.45) is 0 Å². The predicted molar refractivity (Wildman–Crippen MR) is 144 cm³/mol. The number of ether oxygens (including phenoxy) is 2. The maximum Gasteiger partial charge on any atom is 0.411 e. The first-order valence-corrected chi connectivity index (χ1v) is 12.7. The van der Waals surface area contributed by atoms with E-state index in [1.165, 1.54) is 5.56 Å². The number of amides is 2. The Hall–Kier alpha value is -3.88. The summed E-state index contributed by atoms with van der Waals surface area (Å²) in [5, 5.41) is 9.22. The molecule has 8 nitrogen and oxygen atoms in total. The third kappa shape index (κ3) is 6.67. The van der Waals surface area contributed by atoms with Crippen LogP contribution < -0.4 is 21.7 Å². The summed E-state index contributed by atoms with van der Waals surface area (Å²) in [4.78, 5) is 24.7. The van der Waals surface area contributed by atoms with Gasteiger partial charge in [0.25, 0.3) is 5.91 Å². The average molecular weight is 501 g/mol. The summed E-state index contributed by atoms with van der Waals surface area (Å²) in [7, 11) is 0. The van der Waals surface area contributed by atoms with E-state index in [2.05, 4.69) is 28.1 Å². The lowest BCUT2D eigenvalue weighted by Gasteiger charge is -2.23. The van der Waals surface area contributed by atoms with Gasteiger partial charge in [-0.15, -0.1) is 0 Å². The molecule has 1 aliphatic carbocycles. The van der Waals surface area contributed by atoms with Crippen LogP contribution in [0.1, 0.15) is 46.7 Å². The Labute approximate surface area is 216 Å². The fraction of sp³-hybridized carbons (Fsp3) is 0.310. The lowest BCUT2D eigenvalue weighted by atomic mass is 10.1. The standard InChI is InChI=1S/C29H32N4O4/c30-25-3-1-2-4-26(25)33-28(34)21-9-11-22(12-10-21)32-29(35)37-18-19-5-7-20(8-6-19)24-17-27(24)31-23-13-15-36-16-14-23/h1-12,23-24,27,31H,13-18,30H2,(H,32,35)(H,33,34)/t24-,27?/m1/s1. The minimum atomic E-state index is -0.554. The zero-order chi connectivity index (χ0) is 25.6. The van der Waals surface area contributed by atoms with Crippen molar-refractivity contribution in [2.45, 2.75) is 43.9 Å². The zero-order valence-electron chi connectivity index (χ0n) is 20.6. The first kappa shape index (κ1) is 24.8. The molecule has 2 fully saturated rings. The zero-order valence-corrected chi connectivity index (χ0v) is 20.6. The van der Waals surface area contributed by atoms with Crippen molar-refractivity contribution in [3.05, 3.63) is 89.5 Å². The number of nitrogen functional groups attached to an aromatic ring is 1. The lowest BCUT2D eigenvalue weighted by Crippen LogP contribution is -2.36. The molecule has 0 bridgehead atoms. The SMILES string of the molecule is Nc1ccccc1NC(=O)c1ccc(NC(=O)OCc2ccc([C@H]3CC3NC3CCOCC3)cc2)cc1. The minimum absolute atomic E-state index is 0.180. The largest absolute Gasteiger partial charge is 0.444 e. The summed E-state index contributed by atoms with van der Waals surface area (Å²) in [6.45, 7) is 1.88. The molecule has 1 aliphatic heterocycles. The highest BCUT2D eigenvalue weighted by molar-refractivity contribution is 6.06. The predicted octanol–water partition coefficient (Wildman–Crippen LogP) is 4.89. The number of nitrogens with one attached hydrogen (secondary N) is 3. The molecule has 2 amide bonds. The quantitative estimate of drug-likeness (QED) is 0.327. The molecule has 0 aromatic heterocycles. The summed E-state index contributed by atoms with van der Waals surface area (Å²) >= 11 is 0. The van der Waals surface area contributed by atoms with E-state index in [1.54, 1.807) is 48.5 Å². The van der Waals surface area contributed by atoms with E-state index in [0.29, 0.717) is 40.6 Å². The van der Waals surface area contributed by atoms with Gasteiger partial charge in [0, 0.05) is 42.5 Å². The van der Waals surface area contributed by atoms with E-state index in [0.717, 1.165) is 38.0 Å². The number of para-hydroxylation sites is 2. The Balaban J connectivity index is 1.05. The van der Waals surface area contributed by atoms with E-state index >= 15 is 0 Å². The van der Waals surface area contributed by atoms with Gasteiger partial charge in [-0.25, -0.2) is 4.79 Å². The number of rotatable bonds is 8. The second-order valence-corrected chi connectivity index (χ2v) is 9.56. The molecule has 5 rings (SSSR count). The first-order valence-electron chi connectivity index (χ1n) is 12.7. The Bertz CT molecular complexity index is 1220. The van der Waals surface area contributed by atoms with E-state index < -0.39 is 6.09 Å². The fourth-order valence-corrected chi connectivity index (χ4v) is 4.59. The molecule has 2 atom stereocenters.